The Kier molecular flexibility index (Phi) is 9.92. The molecule has 0 bridgehead atoms. The molecule has 38 heavy (non-hydrogen) atoms. The van der Waals surface area contributed by atoms with Gasteiger partial charge in [-0.05, 0) is 48.2 Å². The predicted molar refractivity (Wildman–Crippen MR) is 154 cm³/mol. The molecule has 0 aromatic heterocycles. The lowest BCUT2D eigenvalue weighted by atomic mass is 10.2. The average Bonchev–Trinajstić information content (AvgIpc) is 2.98. The Morgan fingerprint density at radius 3 is 1.37 bits per heavy atom. The van der Waals surface area contributed by atoms with E-state index in [-0.39, 0.29) is 0 Å². The van der Waals surface area contributed by atoms with Gasteiger partial charge >= 0.3 is 0 Å². The second kappa shape index (κ2) is 14.2. The highest BCUT2D eigenvalue weighted by Gasteiger charge is 2.07. The number of hydrogen-bond donors (Lipinski definition) is 0. The lowest BCUT2D eigenvalue weighted by molar-refractivity contribution is 0.266. The van der Waals surface area contributed by atoms with E-state index in [2.05, 4.69) is 9.98 Å². The first-order chi connectivity index (χ1) is 18.7. The number of benzene rings is 4. The van der Waals surface area contributed by atoms with E-state index in [1.165, 1.54) is 0 Å². The predicted octanol–water partition coefficient (Wildman–Crippen LogP) is 7.44. The molecular formula is C32H32N2O4. The van der Waals surface area contributed by atoms with Crippen LogP contribution in [0.1, 0.15) is 24.0 Å². The van der Waals surface area contributed by atoms with Crippen molar-refractivity contribution in [2.24, 2.45) is 9.98 Å². The Bertz CT molecular complexity index is 1230. The molecule has 0 saturated heterocycles. The zero-order chi connectivity index (χ0) is 26.4. The molecule has 0 amide bonds. The summed E-state index contributed by atoms with van der Waals surface area (Å²) in [6.45, 7) is 1.06. The SMILES string of the molecule is COc1ccc(N=Cc2ccccc2)c(OCCCCOc2cc(OC)ccc2N=Cc2ccccc2)c1. The summed E-state index contributed by atoms with van der Waals surface area (Å²) in [7, 11) is 3.28. The summed E-state index contributed by atoms with van der Waals surface area (Å²) in [6.07, 6.45) is 5.28. The number of rotatable bonds is 13. The number of ether oxygens (including phenoxy) is 4. The molecule has 194 valence electrons. The van der Waals surface area contributed by atoms with Gasteiger partial charge in [0.1, 0.15) is 34.4 Å². The summed E-state index contributed by atoms with van der Waals surface area (Å²) >= 11 is 0. The molecule has 4 aromatic rings. The van der Waals surface area contributed by atoms with Gasteiger partial charge in [-0.25, -0.2) is 0 Å². The van der Waals surface area contributed by atoms with Crippen LogP contribution < -0.4 is 18.9 Å². The molecule has 0 radical (unpaired) electrons. The van der Waals surface area contributed by atoms with Crippen LogP contribution in [0.5, 0.6) is 23.0 Å². The van der Waals surface area contributed by atoms with Crippen molar-refractivity contribution in [2.45, 2.75) is 12.8 Å². The topological polar surface area (TPSA) is 61.6 Å². The average molecular weight is 509 g/mol. The van der Waals surface area contributed by atoms with Crippen molar-refractivity contribution in [3.63, 3.8) is 0 Å². The zero-order valence-electron chi connectivity index (χ0n) is 21.7. The highest BCUT2D eigenvalue weighted by Crippen LogP contribution is 2.33. The fourth-order valence-corrected chi connectivity index (χ4v) is 3.62. The molecule has 0 aliphatic rings. The van der Waals surface area contributed by atoms with Crippen molar-refractivity contribution >= 4 is 23.8 Å². The van der Waals surface area contributed by atoms with Crippen LogP contribution >= 0.6 is 0 Å². The molecule has 4 aromatic carbocycles. The Hall–Kier alpha value is -4.58. The van der Waals surface area contributed by atoms with Crippen LogP contribution in [0.15, 0.2) is 107 Å². The smallest absolute Gasteiger partial charge is 0.148 e. The van der Waals surface area contributed by atoms with Gasteiger partial charge in [0, 0.05) is 24.6 Å². The highest BCUT2D eigenvalue weighted by molar-refractivity contribution is 5.83. The number of hydrogen-bond acceptors (Lipinski definition) is 6. The molecule has 6 nitrogen and oxygen atoms in total. The van der Waals surface area contributed by atoms with Crippen molar-refractivity contribution in [1.82, 2.24) is 0 Å². The lowest BCUT2D eigenvalue weighted by Crippen LogP contribution is -2.03. The minimum absolute atomic E-state index is 0.529. The van der Waals surface area contributed by atoms with Crippen LogP contribution in [0.25, 0.3) is 0 Å². The minimum Gasteiger partial charge on any atom is -0.497 e. The van der Waals surface area contributed by atoms with E-state index in [4.69, 9.17) is 18.9 Å². The van der Waals surface area contributed by atoms with Gasteiger partial charge in [0.05, 0.1) is 27.4 Å². The van der Waals surface area contributed by atoms with E-state index in [1.807, 2.05) is 109 Å². The van der Waals surface area contributed by atoms with Gasteiger partial charge in [0.25, 0.3) is 0 Å². The van der Waals surface area contributed by atoms with E-state index in [0.29, 0.717) is 24.7 Å². The molecule has 0 heterocycles. The first-order valence-corrected chi connectivity index (χ1v) is 12.5. The van der Waals surface area contributed by atoms with Crippen LogP contribution in [-0.4, -0.2) is 39.9 Å². The Morgan fingerprint density at radius 1 is 0.553 bits per heavy atom. The maximum Gasteiger partial charge on any atom is 0.148 e. The second-order valence-corrected chi connectivity index (χ2v) is 8.41. The van der Waals surface area contributed by atoms with Crippen molar-refractivity contribution in [1.29, 1.82) is 0 Å². The van der Waals surface area contributed by atoms with Gasteiger partial charge in [-0.15, -0.1) is 0 Å². The lowest BCUT2D eigenvalue weighted by Gasteiger charge is -2.12. The summed E-state index contributed by atoms with van der Waals surface area (Å²) in [6, 6.07) is 31.2. The van der Waals surface area contributed by atoms with E-state index in [0.717, 1.165) is 46.8 Å². The first-order valence-electron chi connectivity index (χ1n) is 12.5. The van der Waals surface area contributed by atoms with Crippen molar-refractivity contribution < 1.29 is 18.9 Å². The van der Waals surface area contributed by atoms with Gasteiger partial charge < -0.3 is 18.9 Å². The van der Waals surface area contributed by atoms with Crippen LogP contribution in [-0.2, 0) is 0 Å². The molecule has 0 N–H and O–H groups in total. The number of unbranched alkanes of at least 4 members (excludes halogenated alkanes) is 1. The summed E-state index contributed by atoms with van der Waals surface area (Å²) in [5.41, 5.74) is 3.55. The van der Waals surface area contributed by atoms with Crippen LogP contribution in [0.2, 0.25) is 0 Å². The van der Waals surface area contributed by atoms with Gasteiger partial charge in [-0.1, -0.05) is 60.7 Å². The second-order valence-electron chi connectivity index (χ2n) is 8.41. The highest BCUT2D eigenvalue weighted by atomic mass is 16.5. The quantitative estimate of drug-likeness (QED) is 0.139. The molecule has 0 fully saturated rings. The Balaban J connectivity index is 1.32. The van der Waals surface area contributed by atoms with Crippen LogP contribution in [0.4, 0.5) is 11.4 Å². The molecule has 0 saturated carbocycles. The maximum absolute atomic E-state index is 6.08. The minimum atomic E-state index is 0.529. The normalized spacial score (nSPS) is 11.1. The Morgan fingerprint density at radius 2 is 0.974 bits per heavy atom. The molecule has 0 unspecified atom stereocenters. The third-order valence-corrected chi connectivity index (χ3v) is 5.69. The summed E-state index contributed by atoms with van der Waals surface area (Å²) in [5, 5.41) is 0. The van der Waals surface area contributed by atoms with E-state index >= 15 is 0 Å². The van der Waals surface area contributed by atoms with E-state index in [9.17, 15) is 0 Å². The van der Waals surface area contributed by atoms with Gasteiger partial charge in [0.15, 0.2) is 0 Å². The van der Waals surface area contributed by atoms with Crippen molar-refractivity contribution in [2.75, 3.05) is 27.4 Å². The number of nitrogens with zero attached hydrogens (tertiary/aromatic N) is 2. The van der Waals surface area contributed by atoms with E-state index < -0.39 is 0 Å². The zero-order valence-corrected chi connectivity index (χ0v) is 21.7. The summed E-state index contributed by atoms with van der Waals surface area (Å²) < 4.78 is 22.9. The molecule has 4 rings (SSSR count). The third-order valence-electron chi connectivity index (χ3n) is 5.69. The van der Waals surface area contributed by atoms with Crippen LogP contribution in [0, 0.1) is 0 Å². The monoisotopic (exact) mass is 508 g/mol. The van der Waals surface area contributed by atoms with Crippen molar-refractivity contribution in [3.05, 3.63) is 108 Å². The van der Waals surface area contributed by atoms with Gasteiger partial charge in [0.2, 0.25) is 0 Å². The Labute approximate surface area is 224 Å². The maximum atomic E-state index is 6.08. The number of methoxy groups -OCH3 is 2. The van der Waals surface area contributed by atoms with E-state index in [1.54, 1.807) is 14.2 Å². The largest absolute Gasteiger partial charge is 0.497 e. The molecule has 6 heteroatoms. The third kappa shape index (κ3) is 7.96. The molecular weight excluding hydrogens is 476 g/mol. The summed E-state index contributed by atoms with van der Waals surface area (Å²) in [4.78, 5) is 9.23. The van der Waals surface area contributed by atoms with Crippen molar-refractivity contribution in [3.8, 4) is 23.0 Å². The molecule has 0 aliphatic heterocycles. The fourth-order valence-electron chi connectivity index (χ4n) is 3.62. The standard InChI is InChI=1S/C32H32N2O4/c1-35-27-15-17-29(33-23-25-11-5-3-6-12-25)31(21-27)37-19-9-10-20-38-32-22-28(36-2)16-18-30(32)34-24-26-13-7-4-8-14-26/h3-8,11-18,21-24H,9-10,19-20H2,1-2H3. The van der Waals surface area contributed by atoms with Gasteiger partial charge in [-0.3, -0.25) is 9.98 Å². The fraction of sp³-hybridized carbons (Fsp3) is 0.188. The van der Waals surface area contributed by atoms with Crippen LogP contribution in [0.3, 0.4) is 0 Å². The molecule has 0 aliphatic carbocycles. The molecule has 0 atom stereocenters. The first kappa shape index (κ1) is 26.5. The van der Waals surface area contributed by atoms with Gasteiger partial charge in [-0.2, -0.15) is 0 Å². The molecule has 0 spiro atoms. The summed E-state index contributed by atoms with van der Waals surface area (Å²) in [5.74, 6) is 2.82. The number of aliphatic imine (C=N–C) groups is 2.